The normalized spacial score (nSPS) is 18.8. The summed E-state index contributed by atoms with van der Waals surface area (Å²) in [4.78, 5) is 19.1. The van der Waals surface area contributed by atoms with Crippen molar-refractivity contribution < 1.29 is 31.6 Å². The summed E-state index contributed by atoms with van der Waals surface area (Å²) >= 11 is 0. The van der Waals surface area contributed by atoms with E-state index in [1.165, 1.54) is 0 Å². The van der Waals surface area contributed by atoms with Gasteiger partial charge in [-0.15, -0.1) is 0 Å². The van der Waals surface area contributed by atoms with Crippen molar-refractivity contribution in [2.45, 2.75) is 77.2 Å². The minimum absolute atomic E-state index is 0.0265. The van der Waals surface area contributed by atoms with Crippen LogP contribution in [0.2, 0.25) is 0 Å². The van der Waals surface area contributed by atoms with Crippen molar-refractivity contribution in [3.05, 3.63) is 54.2 Å². The minimum Gasteiger partial charge on any atom is -0.383 e. The van der Waals surface area contributed by atoms with E-state index in [1.807, 2.05) is 32.3 Å². The van der Waals surface area contributed by atoms with Gasteiger partial charge in [0, 0.05) is 49.2 Å². The Kier molecular flexibility index (Phi) is 9.26. The van der Waals surface area contributed by atoms with Crippen LogP contribution in [-0.4, -0.2) is 80.8 Å². The Morgan fingerprint density at radius 3 is 2.69 bits per heavy atom. The number of likely N-dealkylation sites (tertiary alicyclic amines) is 1. The molecule has 0 saturated carbocycles. The van der Waals surface area contributed by atoms with Crippen LogP contribution in [0.1, 0.15) is 56.4 Å². The van der Waals surface area contributed by atoms with Crippen LogP contribution in [0.25, 0.3) is 22.4 Å². The summed E-state index contributed by atoms with van der Waals surface area (Å²) in [5, 5.41) is 10.4. The molecule has 0 spiro atoms. The van der Waals surface area contributed by atoms with Crippen molar-refractivity contribution >= 4 is 22.5 Å². The summed E-state index contributed by atoms with van der Waals surface area (Å²) < 4.78 is 69.9. The number of anilines is 1. The fraction of sp³-hybridized carbons (Fsp3) is 0.516. The predicted molar refractivity (Wildman–Crippen MR) is 162 cm³/mol. The largest absolute Gasteiger partial charge is 0.406 e. The molecule has 1 fully saturated rings. The van der Waals surface area contributed by atoms with Crippen LogP contribution < -0.4 is 10.6 Å². The van der Waals surface area contributed by atoms with E-state index >= 15 is 4.39 Å². The second-order valence-electron chi connectivity index (χ2n) is 12.5. The van der Waals surface area contributed by atoms with Gasteiger partial charge in [-0.2, -0.15) is 18.2 Å². The zero-order valence-electron chi connectivity index (χ0n) is 26.0. The molecule has 1 amide bonds. The molecule has 1 aliphatic heterocycles. The van der Waals surface area contributed by atoms with Crippen molar-refractivity contribution in [2.24, 2.45) is 0 Å². The quantitative estimate of drug-likeness (QED) is 0.213. The first-order chi connectivity index (χ1) is 21.2. The molecule has 4 heterocycles. The van der Waals surface area contributed by atoms with E-state index in [2.05, 4.69) is 25.7 Å². The highest BCUT2D eigenvalue weighted by Crippen LogP contribution is 2.35. The molecule has 3 aromatic heterocycles. The average molecular weight is 634 g/mol. The third-order valence-electron chi connectivity index (χ3n) is 8.10. The number of nitrogens with zero attached hydrogens (tertiary/aromatic N) is 5. The molecule has 0 bridgehead atoms. The Hall–Kier alpha value is -3.91. The lowest BCUT2D eigenvalue weighted by atomic mass is 9.96. The number of aromatic nitrogens is 4. The molecule has 0 unspecified atom stereocenters. The topological polar surface area (TPSA) is 102 Å². The lowest BCUT2D eigenvalue weighted by Crippen LogP contribution is -2.54. The molecule has 4 aromatic rings. The Morgan fingerprint density at radius 1 is 1.22 bits per heavy atom. The first-order valence-corrected chi connectivity index (χ1v) is 14.9. The van der Waals surface area contributed by atoms with Gasteiger partial charge < -0.3 is 29.0 Å². The average Bonchev–Trinajstić information content (AvgIpc) is 3.71. The Bertz CT molecular complexity index is 1620. The second kappa shape index (κ2) is 12.8. The van der Waals surface area contributed by atoms with Gasteiger partial charge in [0.25, 0.3) is 5.91 Å². The zero-order valence-corrected chi connectivity index (χ0v) is 26.0. The van der Waals surface area contributed by atoms with E-state index in [-0.39, 0.29) is 48.0 Å². The number of halogens is 4. The third-order valence-corrected chi connectivity index (χ3v) is 8.10. The maximum absolute atomic E-state index is 15.3. The van der Waals surface area contributed by atoms with Gasteiger partial charge in [-0.25, -0.2) is 4.39 Å². The number of benzene rings is 1. The van der Waals surface area contributed by atoms with Crippen LogP contribution in [0.15, 0.2) is 47.2 Å². The number of ether oxygens (including phenoxy) is 1. The molecular weight excluding hydrogens is 594 g/mol. The van der Waals surface area contributed by atoms with E-state index in [0.717, 1.165) is 4.57 Å². The van der Waals surface area contributed by atoms with E-state index in [0.29, 0.717) is 41.7 Å². The summed E-state index contributed by atoms with van der Waals surface area (Å²) in [5.74, 6) is -0.412. The summed E-state index contributed by atoms with van der Waals surface area (Å²) in [6.45, 7) is 8.11. The molecule has 3 atom stereocenters. The Balaban J connectivity index is 1.36. The van der Waals surface area contributed by atoms with Gasteiger partial charge in [-0.05, 0) is 58.4 Å². The van der Waals surface area contributed by atoms with Gasteiger partial charge in [0.05, 0.1) is 42.0 Å². The Labute approximate surface area is 258 Å². The second-order valence-corrected chi connectivity index (χ2v) is 12.5. The first kappa shape index (κ1) is 32.5. The van der Waals surface area contributed by atoms with Crippen LogP contribution in [0.5, 0.6) is 0 Å². The number of hydrogen-bond donors (Lipinski definition) is 2. The smallest absolute Gasteiger partial charge is 0.383 e. The summed E-state index contributed by atoms with van der Waals surface area (Å²) in [6, 6.07) is 7.70. The standard InChI is InChI=1S/C31H39F4N7O3/c1-19(17-44-5)40-11-9-20(15-40)29(43)36-14-27-38-28(39-45-27)26-13-21-23(7-6-8-25(21)42(26)18-31(33,34)35)37-24-10-12-41(16-22(24)32)30(2,3)4/h6-9,11,13,15,19,22,24,37H,10,12,14,16-18H2,1-5H3,(H,36,43)/t19-,22-,24-/m1/s1. The van der Waals surface area contributed by atoms with Gasteiger partial charge in [-0.3, -0.25) is 9.69 Å². The predicted octanol–water partition coefficient (Wildman–Crippen LogP) is 5.82. The number of fused-ring (bicyclic) bond motifs is 1. The number of carbonyl (C=O) groups excluding carboxylic acids is 1. The first-order valence-electron chi connectivity index (χ1n) is 14.9. The van der Waals surface area contributed by atoms with Crippen molar-refractivity contribution in [3.8, 4) is 11.5 Å². The minimum atomic E-state index is -4.54. The third kappa shape index (κ3) is 7.50. The van der Waals surface area contributed by atoms with Crippen LogP contribution in [0, 0.1) is 0 Å². The van der Waals surface area contributed by atoms with E-state index in [1.54, 1.807) is 49.8 Å². The molecule has 1 aromatic carbocycles. The lowest BCUT2D eigenvalue weighted by Gasteiger charge is -2.42. The fourth-order valence-corrected chi connectivity index (χ4v) is 5.66. The SMILES string of the molecule is COC[C@@H](C)n1ccc(C(=O)NCc2nc(-c3cc4c(N[C@@H]5CCN(C(C)(C)C)C[C@H]5F)cccc4n3CC(F)(F)F)no2)c1. The summed E-state index contributed by atoms with van der Waals surface area (Å²) in [5.41, 5.74) is 1.15. The highest BCUT2D eigenvalue weighted by Gasteiger charge is 2.35. The lowest BCUT2D eigenvalue weighted by molar-refractivity contribution is -0.139. The number of nitrogens with one attached hydrogen (secondary N) is 2. The number of methoxy groups -OCH3 is 1. The van der Waals surface area contributed by atoms with Crippen LogP contribution in [-0.2, 0) is 17.8 Å². The molecule has 45 heavy (non-hydrogen) atoms. The molecule has 0 radical (unpaired) electrons. The van der Waals surface area contributed by atoms with Gasteiger partial charge in [0.15, 0.2) is 0 Å². The number of alkyl halides is 4. The van der Waals surface area contributed by atoms with E-state index in [4.69, 9.17) is 9.26 Å². The van der Waals surface area contributed by atoms with Crippen molar-refractivity contribution in [1.29, 1.82) is 0 Å². The van der Waals surface area contributed by atoms with Gasteiger partial charge >= 0.3 is 6.18 Å². The zero-order chi connectivity index (χ0) is 32.5. The van der Waals surface area contributed by atoms with Crippen LogP contribution in [0.4, 0.5) is 23.2 Å². The highest BCUT2D eigenvalue weighted by molar-refractivity contribution is 5.96. The van der Waals surface area contributed by atoms with Crippen LogP contribution >= 0.6 is 0 Å². The maximum Gasteiger partial charge on any atom is 0.406 e. The number of amides is 1. The fourth-order valence-electron chi connectivity index (χ4n) is 5.66. The number of rotatable bonds is 10. The monoisotopic (exact) mass is 633 g/mol. The van der Waals surface area contributed by atoms with Crippen molar-refractivity contribution in [2.75, 3.05) is 32.1 Å². The van der Waals surface area contributed by atoms with Crippen molar-refractivity contribution in [3.63, 3.8) is 0 Å². The molecular formula is C31H39F4N7O3. The molecule has 10 nitrogen and oxygen atoms in total. The maximum atomic E-state index is 15.3. The number of hydrogen-bond acceptors (Lipinski definition) is 7. The Morgan fingerprint density at radius 2 is 2.00 bits per heavy atom. The van der Waals surface area contributed by atoms with Crippen LogP contribution in [0.3, 0.4) is 0 Å². The number of carbonyl (C=O) groups is 1. The van der Waals surface area contributed by atoms with Crippen molar-refractivity contribution in [1.82, 2.24) is 29.5 Å². The van der Waals surface area contributed by atoms with E-state index < -0.39 is 24.9 Å². The molecule has 14 heteroatoms. The van der Waals surface area contributed by atoms with Gasteiger partial charge in [0.1, 0.15) is 12.7 Å². The molecule has 244 valence electrons. The van der Waals surface area contributed by atoms with E-state index in [9.17, 15) is 18.0 Å². The van der Waals surface area contributed by atoms with Gasteiger partial charge in [-0.1, -0.05) is 11.2 Å². The molecule has 1 aliphatic rings. The molecule has 1 saturated heterocycles. The molecule has 2 N–H and O–H groups in total. The highest BCUT2D eigenvalue weighted by atomic mass is 19.4. The number of piperidine rings is 1. The molecule has 5 rings (SSSR count). The summed E-state index contributed by atoms with van der Waals surface area (Å²) in [7, 11) is 1.60. The molecule has 0 aliphatic carbocycles. The van der Waals surface area contributed by atoms with Gasteiger partial charge in [0.2, 0.25) is 11.7 Å². The summed E-state index contributed by atoms with van der Waals surface area (Å²) in [6.07, 6.45) is -1.69.